The second-order valence-electron chi connectivity index (χ2n) is 7.38. The zero-order chi connectivity index (χ0) is 16.0. The van der Waals surface area contributed by atoms with E-state index in [1.807, 2.05) is 6.92 Å². The van der Waals surface area contributed by atoms with E-state index in [1.54, 1.807) is 7.05 Å². The molecule has 122 valence electrons. The van der Waals surface area contributed by atoms with Crippen molar-refractivity contribution in [2.75, 3.05) is 13.6 Å². The number of carboxylic acid groups (broad SMARTS) is 1. The number of carbonyl (C=O) groups excluding carboxylic acids is 1. The summed E-state index contributed by atoms with van der Waals surface area (Å²) < 4.78 is 0. The Morgan fingerprint density at radius 2 is 1.86 bits per heavy atom. The Bertz CT molecular complexity index is 357. The average molecular weight is 297 g/mol. The third-order valence-electron chi connectivity index (χ3n) is 4.84. The maximum Gasteiger partial charge on any atom is 0.323 e. The lowest BCUT2D eigenvalue weighted by molar-refractivity contribution is -0.149. The van der Waals surface area contributed by atoms with Gasteiger partial charge in [-0.3, -0.25) is 9.59 Å². The molecule has 0 aromatic rings. The van der Waals surface area contributed by atoms with E-state index in [9.17, 15) is 9.59 Å². The highest BCUT2D eigenvalue weighted by Crippen LogP contribution is 2.41. The van der Waals surface area contributed by atoms with Crippen molar-refractivity contribution < 1.29 is 14.7 Å². The fourth-order valence-corrected chi connectivity index (χ4v) is 3.37. The summed E-state index contributed by atoms with van der Waals surface area (Å²) in [6.45, 7) is 6.31. The van der Waals surface area contributed by atoms with Crippen LogP contribution in [0.15, 0.2) is 0 Å². The minimum atomic E-state index is -0.947. The molecule has 0 aromatic heterocycles. The van der Waals surface area contributed by atoms with Crippen molar-refractivity contribution >= 4 is 11.9 Å². The lowest BCUT2D eigenvalue weighted by atomic mass is 9.70. The molecule has 1 fully saturated rings. The van der Waals surface area contributed by atoms with Gasteiger partial charge in [0.25, 0.3) is 0 Å². The second-order valence-corrected chi connectivity index (χ2v) is 7.38. The summed E-state index contributed by atoms with van der Waals surface area (Å²) in [6.07, 6.45) is 7.82. The van der Waals surface area contributed by atoms with Crippen LogP contribution in [0.2, 0.25) is 0 Å². The van der Waals surface area contributed by atoms with Crippen molar-refractivity contribution in [3.05, 3.63) is 0 Å². The van der Waals surface area contributed by atoms with E-state index in [1.165, 1.54) is 24.2 Å². The lowest BCUT2D eigenvalue weighted by Gasteiger charge is -2.38. The Labute approximate surface area is 128 Å². The van der Waals surface area contributed by atoms with E-state index in [0.717, 1.165) is 37.5 Å². The van der Waals surface area contributed by atoms with E-state index >= 15 is 0 Å². The first-order valence-corrected chi connectivity index (χ1v) is 8.22. The maximum absolute atomic E-state index is 12.4. The molecule has 1 aliphatic carbocycles. The number of carbonyl (C=O) groups is 2. The largest absolute Gasteiger partial charge is 0.480 e. The molecular formula is C17H31NO3. The molecule has 1 rings (SSSR count). The highest BCUT2D eigenvalue weighted by Gasteiger charge is 2.39. The monoisotopic (exact) mass is 297 g/mol. The molecule has 4 heteroatoms. The average Bonchev–Trinajstić information content (AvgIpc) is 2.39. The van der Waals surface area contributed by atoms with Gasteiger partial charge in [0, 0.05) is 12.5 Å². The third-order valence-corrected chi connectivity index (χ3v) is 4.84. The van der Waals surface area contributed by atoms with Gasteiger partial charge in [-0.05, 0) is 37.5 Å². The Morgan fingerprint density at radius 1 is 1.29 bits per heavy atom. The van der Waals surface area contributed by atoms with Gasteiger partial charge >= 0.3 is 5.97 Å². The van der Waals surface area contributed by atoms with Crippen molar-refractivity contribution in [3.63, 3.8) is 0 Å². The van der Waals surface area contributed by atoms with E-state index in [0.29, 0.717) is 0 Å². The standard InChI is InChI=1S/C17H31NO3/c1-13(2)6-5-7-14-8-10-17(3,11-9-14)16(21)18(4)12-15(19)20/h13-14H,5-12H2,1-4H3,(H,19,20). The molecule has 1 amide bonds. The van der Waals surface area contributed by atoms with Gasteiger partial charge < -0.3 is 10.0 Å². The van der Waals surface area contributed by atoms with E-state index in [-0.39, 0.29) is 17.9 Å². The summed E-state index contributed by atoms with van der Waals surface area (Å²) in [7, 11) is 1.59. The Morgan fingerprint density at radius 3 is 2.33 bits per heavy atom. The highest BCUT2D eigenvalue weighted by atomic mass is 16.4. The van der Waals surface area contributed by atoms with Gasteiger partial charge in [0.15, 0.2) is 0 Å². The molecule has 1 aliphatic rings. The fraction of sp³-hybridized carbons (Fsp3) is 0.882. The van der Waals surface area contributed by atoms with Gasteiger partial charge in [-0.2, -0.15) is 0 Å². The van der Waals surface area contributed by atoms with Crippen LogP contribution in [0, 0.1) is 17.3 Å². The summed E-state index contributed by atoms with van der Waals surface area (Å²) in [5.74, 6) is 0.557. The predicted octanol–water partition coefficient (Wildman–Crippen LogP) is 3.55. The molecule has 1 saturated carbocycles. The highest BCUT2D eigenvalue weighted by molar-refractivity contribution is 5.85. The first kappa shape index (κ1) is 18.0. The first-order valence-electron chi connectivity index (χ1n) is 8.22. The minimum absolute atomic E-state index is 0.00877. The number of hydrogen-bond donors (Lipinski definition) is 1. The normalized spacial score (nSPS) is 25.9. The fourth-order valence-electron chi connectivity index (χ4n) is 3.37. The molecule has 0 aliphatic heterocycles. The Hall–Kier alpha value is -1.06. The molecule has 0 heterocycles. The molecule has 21 heavy (non-hydrogen) atoms. The molecule has 0 bridgehead atoms. The summed E-state index contributed by atoms with van der Waals surface area (Å²) in [5, 5.41) is 8.81. The molecule has 0 spiro atoms. The Kier molecular flexibility index (Phi) is 6.69. The van der Waals surface area contributed by atoms with Crippen molar-refractivity contribution in [3.8, 4) is 0 Å². The summed E-state index contributed by atoms with van der Waals surface area (Å²) >= 11 is 0. The smallest absolute Gasteiger partial charge is 0.323 e. The van der Waals surface area contributed by atoms with Crippen molar-refractivity contribution in [2.45, 2.75) is 65.7 Å². The number of rotatable bonds is 7. The molecule has 0 saturated heterocycles. The van der Waals surface area contributed by atoms with Crippen LogP contribution < -0.4 is 0 Å². The SMILES string of the molecule is CC(C)CCCC1CCC(C)(C(=O)N(C)CC(=O)O)CC1. The van der Waals surface area contributed by atoms with Gasteiger partial charge in [0.2, 0.25) is 5.91 Å². The zero-order valence-electron chi connectivity index (χ0n) is 14.0. The van der Waals surface area contributed by atoms with Crippen molar-refractivity contribution in [1.29, 1.82) is 0 Å². The number of aliphatic carboxylic acids is 1. The van der Waals surface area contributed by atoms with Crippen LogP contribution >= 0.6 is 0 Å². The van der Waals surface area contributed by atoms with Crippen LogP contribution in [0.25, 0.3) is 0 Å². The second kappa shape index (κ2) is 7.81. The van der Waals surface area contributed by atoms with Crippen LogP contribution in [0.3, 0.4) is 0 Å². The molecule has 0 atom stereocenters. The number of amides is 1. The lowest BCUT2D eigenvalue weighted by Crippen LogP contribution is -2.44. The van der Waals surface area contributed by atoms with Crippen LogP contribution in [0.5, 0.6) is 0 Å². The van der Waals surface area contributed by atoms with Crippen LogP contribution in [0.1, 0.15) is 65.7 Å². The van der Waals surface area contributed by atoms with Gasteiger partial charge in [0.05, 0.1) is 0 Å². The molecule has 0 radical (unpaired) electrons. The van der Waals surface area contributed by atoms with E-state index < -0.39 is 5.97 Å². The van der Waals surface area contributed by atoms with Crippen LogP contribution in [0.4, 0.5) is 0 Å². The number of carboxylic acids is 1. The molecule has 0 unspecified atom stereocenters. The van der Waals surface area contributed by atoms with Crippen LogP contribution in [-0.4, -0.2) is 35.5 Å². The summed E-state index contributed by atoms with van der Waals surface area (Å²) in [4.78, 5) is 24.5. The van der Waals surface area contributed by atoms with Gasteiger partial charge in [0.1, 0.15) is 6.54 Å². The topological polar surface area (TPSA) is 57.6 Å². The summed E-state index contributed by atoms with van der Waals surface area (Å²) in [6, 6.07) is 0. The van der Waals surface area contributed by atoms with Crippen LogP contribution in [-0.2, 0) is 9.59 Å². The molecular weight excluding hydrogens is 266 g/mol. The Balaban J connectivity index is 2.42. The van der Waals surface area contributed by atoms with Gasteiger partial charge in [-0.25, -0.2) is 0 Å². The number of nitrogens with zero attached hydrogens (tertiary/aromatic N) is 1. The molecule has 4 nitrogen and oxygen atoms in total. The first-order chi connectivity index (χ1) is 9.74. The quantitative estimate of drug-likeness (QED) is 0.781. The van der Waals surface area contributed by atoms with Gasteiger partial charge in [-0.1, -0.05) is 40.0 Å². The third kappa shape index (κ3) is 5.68. The maximum atomic E-state index is 12.4. The molecule has 1 N–H and O–H groups in total. The molecule has 0 aromatic carbocycles. The van der Waals surface area contributed by atoms with Crippen molar-refractivity contribution in [1.82, 2.24) is 4.90 Å². The summed E-state index contributed by atoms with van der Waals surface area (Å²) in [5.41, 5.74) is -0.362. The number of hydrogen-bond acceptors (Lipinski definition) is 2. The van der Waals surface area contributed by atoms with Gasteiger partial charge in [-0.15, -0.1) is 0 Å². The number of likely N-dealkylation sites (N-methyl/N-ethyl adjacent to an activating group) is 1. The minimum Gasteiger partial charge on any atom is -0.480 e. The van der Waals surface area contributed by atoms with E-state index in [4.69, 9.17) is 5.11 Å². The van der Waals surface area contributed by atoms with E-state index in [2.05, 4.69) is 13.8 Å². The predicted molar refractivity (Wildman–Crippen MR) is 84.0 cm³/mol. The zero-order valence-corrected chi connectivity index (χ0v) is 14.0. The van der Waals surface area contributed by atoms with Crippen molar-refractivity contribution in [2.24, 2.45) is 17.3 Å².